The van der Waals surface area contributed by atoms with E-state index in [1.165, 1.54) is 0 Å². The molecule has 1 amide bonds. The molecule has 0 aliphatic carbocycles. The molecular formula is C21H17Cl2N5O. The molecule has 0 bridgehead atoms. The van der Waals surface area contributed by atoms with Gasteiger partial charge in [0.05, 0.1) is 22.8 Å². The minimum Gasteiger partial charge on any atom is -0.352 e. The molecule has 0 unspecified atom stereocenters. The SMILES string of the molecule is Cn1ncc2c(C(=O)NCCc3ccccn3)cc(-c3cc(Cl)cc(Cl)c3)nc21. The smallest absolute Gasteiger partial charge is 0.252 e. The van der Waals surface area contributed by atoms with E-state index >= 15 is 0 Å². The van der Waals surface area contributed by atoms with Crippen molar-refractivity contribution in [1.29, 1.82) is 0 Å². The number of aryl methyl sites for hydroxylation is 1. The van der Waals surface area contributed by atoms with Crippen LogP contribution in [0.4, 0.5) is 0 Å². The predicted octanol–water partition coefficient (Wildman–Crippen LogP) is 4.31. The van der Waals surface area contributed by atoms with Gasteiger partial charge < -0.3 is 5.32 Å². The van der Waals surface area contributed by atoms with Crippen molar-refractivity contribution in [2.75, 3.05) is 6.54 Å². The Hall–Kier alpha value is -2.96. The molecule has 0 saturated carbocycles. The Morgan fingerprint density at radius 1 is 1.14 bits per heavy atom. The van der Waals surface area contributed by atoms with Gasteiger partial charge in [0.15, 0.2) is 5.65 Å². The van der Waals surface area contributed by atoms with Gasteiger partial charge in [0.2, 0.25) is 0 Å². The van der Waals surface area contributed by atoms with Crippen LogP contribution in [0.1, 0.15) is 16.1 Å². The first-order valence-electron chi connectivity index (χ1n) is 8.98. The van der Waals surface area contributed by atoms with Crippen molar-refractivity contribution in [3.63, 3.8) is 0 Å². The van der Waals surface area contributed by atoms with Crippen LogP contribution in [0.15, 0.2) is 54.9 Å². The van der Waals surface area contributed by atoms with Crippen LogP contribution in [-0.2, 0) is 13.5 Å². The summed E-state index contributed by atoms with van der Waals surface area (Å²) in [5.41, 5.74) is 3.35. The number of rotatable bonds is 5. The average molecular weight is 426 g/mol. The van der Waals surface area contributed by atoms with Gasteiger partial charge in [-0.25, -0.2) is 4.98 Å². The molecule has 6 nitrogen and oxygen atoms in total. The molecule has 0 aliphatic heterocycles. The molecular weight excluding hydrogens is 409 g/mol. The van der Waals surface area contributed by atoms with E-state index < -0.39 is 0 Å². The first-order valence-corrected chi connectivity index (χ1v) is 9.74. The number of hydrogen-bond donors (Lipinski definition) is 1. The van der Waals surface area contributed by atoms with Crippen LogP contribution >= 0.6 is 23.2 Å². The minimum absolute atomic E-state index is 0.198. The summed E-state index contributed by atoms with van der Waals surface area (Å²) in [6, 6.07) is 12.6. The van der Waals surface area contributed by atoms with Crippen molar-refractivity contribution in [2.45, 2.75) is 6.42 Å². The fraction of sp³-hybridized carbons (Fsp3) is 0.143. The number of pyridine rings is 2. The number of fused-ring (bicyclic) bond motifs is 1. The van der Waals surface area contributed by atoms with E-state index in [2.05, 4.69) is 20.4 Å². The number of hydrogen-bond acceptors (Lipinski definition) is 4. The molecule has 3 aromatic heterocycles. The number of nitrogens with one attached hydrogen (secondary N) is 1. The van der Waals surface area contributed by atoms with Crippen LogP contribution in [-0.4, -0.2) is 32.2 Å². The lowest BCUT2D eigenvalue weighted by Crippen LogP contribution is -2.26. The van der Waals surface area contributed by atoms with E-state index in [4.69, 9.17) is 23.2 Å². The lowest BCUT2D eigenvalue weighted by molar-refractivity contribution is 0.0955. The number of aromatic nitrogens is 4. The van der Waals surface area contributed by atoms with Crippen molar-refractivity contribution in [2.24, 2.45) is 7.05 Å². The number of benzene rings is 1. The van der Waals surface area contributed by atoms with Crippen molar-refractivity contribution in [3.05, 3.63) is 76.2 Å². The van der Waals surface area contributed by atoms with Crippen molar-refractivity contribution in [3.8, 4) is 11.3 Å². The molecule has 0 atom stereocenters. The molecule has 8 heteroatoms. The first kappa shape index (κ1) is 19.4. The molecule has 0 spiro atoms. The summed E-state index contributed by atoms with van der Waals surface area (Å²) in [5, 5.41) is 8.88. The van der Waals surface area contributed by atoms with Gasteiger partial charge in [-0.2, -0.15) is 5.10 Å². The monoisotopic (exact) mass is 425 g/mol. The summed E-state index contributed by atoms with van der Waals surface area (Å²) >= 11 is 12.3. The van der Waals surface area contributed by atoms with Crippen LogP contribution in [0.25, 0.3) is 22.3 Å². The lowest BCUT2D eigenvalue weighted by atomic mass is 10.1. The van der Waals surface area contributed by atoms with Crippen LogP contribution < -0.4 is 5.32 Å². The molecule has 146 valence electrons. The lowest BCUT2D eigenvalue weighted by Gasteiger charge is -2.09. The van der Waals surface area contributed by atoms with E-state index in [1.807, 2.05) is 18.2 Å². The molecule has 0 radical (unpaired) electrons. The fourth-order valence-electron chi connectivity index (χ4n) is 3.10. The predicted molar refractivity (Wildman–Crippen MR) is 114 cm³/mol. The molecule has 1 N–H and O–H groups in total. The maximum Gasteiger partial charge on any atom is 0.252 e. The second-order valence-electron chi connectivity index (χ2n) is 6.55. The Morgan fingerprint density at radius 3 is 2.66 bits per heavy atom. The summed E-state index contributed by atoms with van der Waals surface area (Å²) in [4.78, 5) is 21.9. The van der Waals surface area contributed by atoms with Gasteiger partial charge in [-0.05, 0) is 36.4 Å². The van der Waals surface area contributed by atoms with Crippen LogP contribution in [0.2, 0.25) is 10.0 Å². The van der Waals surface area contributed by atoms with E-state index in [0.717, 1.165) is 11.3 Å². The summed E-state index contributed by atoms with van der Waals surface area (Å²) in [6.07, 6.45) is 4.02. The highest BCUT2D eigenvalue weighted by Gasteiger charge is 2.17. The molecule has 0 fully saturated rings. The highest BCUT2D eigenvalue weighted by molar-refractivity contribution is 6.35. The quantitative estimate of drug-likeness (QED) is 0.516. The summed E-state index contributed by atoms with van der Waals surface area (Å²) in [5.74, 6) is -0.198. The van der Waals surface area contributed by atoms with Gasteiger partial charge in [0, 0.05) is 47.5 Å². The van der Waals surface area contributed by atoms with Crippen molar-refractivity contribution >= 4 is 40.1 Å². The maximum atomic E-state index is 12.9. The Bertz CT molecular complexity index is 1170. The van der Waals surface area contributed by atoms with E-state index in [9.17, 15) is 4.79 Å². The number of carbonyl (C=O) groups excluding carboxylic acids is 1. The zero-order valence-electron chi connectivity index (χ0n) is 15.6. The van der Waals surface area contributed by atoms with Gasteiger partial charge in [0.1, 0.15) is 0 Å². The molecule has 29 heavy (non-hydrogen) atoms. The Balaban J connectivity index is 1.66. The second-order valence-corrected chi connectivity index (χ2v) is 7.42. The highest BCUT2D eigenvalue weighted by Crippen LogP contribution is 2.29. The third-order valence-corrected chi connectivity index (χ3v) is 4.94. The largest absolute Gasteiger partial charge is 0.352 e. The number of carbonyl (C=O) groups is 1. The van der Waals surface area contributed by atoms with Crippen LogP contribution in [0.5, 0.6) is 0 Å². The minimum atomic E-state index is -0.198. The third-order valence-electron chi connectivity index (χ3n) is 4.50. The number of halogens is 2. The average Bonchev–Trinajstić information content (AvgIpc) is 3.08. The van der Waals surface area contributed by atoms with Crippen molar-refractivity contribution < 1.29 is 4.79 Å². The van der Waals surface area contributed by atoms with E-state index in [0.29, 0.717) is 45.3 Å². The molecule has 4 rings (SSSR count). The maximum absolute atomic E-state index is 12.9. The highest BCUT2D eigenvalue weighted by atomic mass is 35.5. The zero-order valence-corrected chi connectivity index (χ0v) is 17.1. The summed E-state index contributed by atoms with van der Waals surface area (Å²) in [7, 11) is 1.78. The van der Waals surface area contributed by atoms with Gasteiger partial charge in [-0.1, -0.05) is 29.3 Å². The summed E-state index contributed by atoms with van der Waals surface area (Å²) in [6.45, 7) is 0.470. The number of nitrogens with zero attached hydrogens (tertiary/aromatic N) is 4. The molecule has 1 aromatic carbocycles. The Kier molecular flexibility index (Phi) is 5.47. The fourth-order valence-corrected chi connectivity index (χ4v) is 3.62. The molecule has 3 heterocycles. The first-order chi connectivity index (χ1) is 14.0. The Labute approximate surface area is 177 Å². The zero-order chi connectivity index (χ0) is 20.4. The Morgan fingerprint density at radius 2 is 1.93 bits per heavy atom. The van der Waals surface area contributed by atoms with Gasteiger partial charge in [-0.15, -0.1) is 0 Å². The number of amides is 1. The third kappa shape index (κ3) is 4.23. The normalized spacial score (nSPS) is 11.0. The van der Waals surface area contributed by atoms with E-state index in [1.54, 1.807) is 48.4 Å². The summed E-state index contributed by atoms with van der Waals surface area (Å²) < 4.78 is 1.63. The molecule has 0 aliphatic rings. The van der Waals surface area contributed by atoms with Crippen LogP contribution in [0, 0.1) is 0 Å². The van der Waals surface area contributed by atoms with Crippen molar-refractivity contribution in [1.82, 2.24) is 25.1 Å². The van der Waals surface area contributed by atoms with Gasteiger partial charge in [0.25, 0.3) is 5.91 Å². The van der Waals surface area contributed by atoms with Crippen LogP contribution in [0.3, 0.4) is 0 Å². The molecule has 4 aromatic rings. The second kappa shape index (κ2) is 8.19. The van der Waals surface area contributed by atoms with Gasteiger partial charge in [-0.3, -0.25) is 14.5 Å². The van der Waals surface area contributed by atoms with Gasteiger partial charge >= 0.3 is 0 Å². The van der Waals surface area contributed by atoms with E-state index in [-0.39, 0.29) is 5.91 Å². The molecule has 0 saturated heterocycles. The standard InChI is InChI=1S/C21H17Cl2N5O/c1-28-20-18(12-26-28)17(21(29)25-7-5-16-4-2-3-6-24-16)11-19(27-20)13-8-14(22)10-15(23)9-13/h2-4,6,8-12H,5,7H2,1H3,(H,25,29). The topological polar surface area (TPSA) is 72.7 Å².